The van der Waals surface area contributed by atoms with Gasteiger partial charge in [0.25, 0.3) is 0 Å². The summed E-state index contributed by atoms with van der Waals surface area (Å²) in [4.78, 5) is 6.04. The first-order chi connectivity index (χ1) is 8.52. The van der Waals surface area contributed by atoms with Gasteiger partial charge in [-0.2, -0.15) is 5.26 Å². The van der Waals surface area contributed by atoms with E-state index >= 15 is 0 Å². The highest BCUT2D eigenvalue weighted by atomic mass is 35.5. The molecule has 1 aromatic heterocycles. The Balaban J connectivity index is 2.16. The number of hydrogen-bond acceptors (Lipinski definition) is 4. The Morgan fingerprint density at radius 1 is 1.50 bits per heavy atom. The van der Waals surface area contributed by atoms with E-state index in [0.29, 0.717) is 23.1 Å². The van der Waals surface area contributed by atoms with Gasteiger partial charge in [-0.05, 0) is 25.0 Å². The average molecular weight is 266 g/mol. The Kier molecular flexibility index (Phi) is 3.74. The van der Waals surface area contributed by atoms with Crippen LogP contribution in [-0.2, 0) is 0 Å². The fourth-order valence-electron chi connectivity index (χ4n) is 2.46. The number of nitriles is 1. The fraction of sp³-hybridized carbons (Fsp3) is 0.538. The molecule has 5 heteroatoms. The van der Waals surface area contributed by atoms with E-state index in [1.807, 2.05) is 11.9 Å². The third-order valence-corrected chi connectivity index (χ3v) is 3.56. The van der Waals surface area contributed by atoms with Gasteiger partial charge in [0.15, 0.2) is 0 Å². The molecule has 96 valence electrons. The lowest BCUT2D eigenvalue weighted by Crippen LogP contribution is -2.39. The van der Waals surface area contributed by atoms with Crippen molar-refractivity contribution in [3.05, 3.63) is 22.8 Å². The van der Waals surface area contributed by atoms with Crippen molar-refractivity contribution in [2.75, 3.05) is 18.5 Å². The molecule has 1 fully saturated rings. The zero-order valence-corrected chi connectivity index (χ0v) is 11.1. The summed E-state index contributed by atoms with van der Waals surface area (Å²) in [5.41, 5.74) is -0.152. The van der Waals surface area contributed by atoms with Crippen LogP contribution in [0.4, 0.5) is 5.82 Å². The van der Waals surface area contributed by atoms with Crippen LogP contribution in [0.15, 0.2) is 12.1 Å². The minimum atomic E-state index is -0.633. The van der Waals surface area contributed by atoms with Crippen molar-refractivity contribution >= 4 is 17.4 Å². The summed E-state index contributed by atoms with van der Waals surface area (Å²) < 4.78 is 0. The Labute approximate surface area is 112 Å². The number of aliphatic hydroxyl groups is 1. The molecule has 0 bridgehead atoms. The molecule has 18 heavy (non-hydrogen) atoms. The minimum absolute atomic E-state index is 0.300. The molecule has 1 aromatic rings. The Morgan fingerprint density at radius 2 is 2.17 bits per heavy atom. The quantitative estimate of drug-likeness (QED) is 0.853. The zero-order valence-electron chi connectivity index (χ0n) is 10.4. The van der Waals surface area contributed by atoms with Gasteiger partial charge in [0.2, 0.25) is 0 Å². The first kappa shape index (κ1) is 13.1. The maximum absolute atomic E-state index is 10.4. The monoisotopic (exact) mass is 265 g/mol. The van der Waals surface area contributed by atoms with E-state index in [-0.39, 0.29) is 0 Å². The maximum Gasteiger partial charge on any atom is 0.132 e. The number of aromatic nitrogens is 1. The SMILES string of the molecule is CN(CC1(O)CCCC1)c1cc(C#N)cc(Cl)n1. The van der Waals surface area contributed by atoms with Gasteiger partial charge in [0.05, 0.1) is 17.2 Å². The van der Waals surface area contributed by atoms with Crippen LogP contribution in [0, 0.1) is 11.3 Å². The molecule has 0 saturated heterocycles. The van der Waals surface area contributed by atoms with Gasteiger partial charge in [-0.15, -0.1) is 0 Å². The van der Waals surface area contributed by atoms with E-state index in [0.717, 1.165) is 25.7 Å². The molecule has 4 nitrogen and oxygen atoms in total. The van der Waals surface area contributed by atoms with Gasteiger partial charge in [0.1, 0.15) is 11.0 Å². The van der Waals surface area contributed by atoms with Crippen LogP contribution in [0.1, 0.15) is 31.2 Å². The molecule has 1 aliphatic rings. The van der Waals surface area contributed by atoms with Gasteiger partial charge in [-0.1, -0.05) is 24.4 Å². The third-order valence-electron chi connectivity index (χ3n) is 3.37. The van der Waals surface area contributed by atoms with E-state index in [1.54, 1.807) is 6.07 Å². The van der Waals surface area contributed by atoms with E-state index in [9.17, 15) is 5.11 Å². The molecular weight excluding hydrogens is 250 g/mol. The van der Waals surface area contributed by atoms with Crippen molar-refractivity contribution in [1.82, 2.24) is 4.98 Å². The molecule has 1 N–H and O–H groups in total. The first-order valence-corrected chi connectivity index (χ1v) is 6.41. The second-order valence-electron chi connectivity index (χ2n) is 4.94. The Hall–Kier alpha value is -1.31. The van der Waals surface area contributed by atoms with Gasteiger partial charge in [-0.25, -0.2) is 4.98 Å². The lowest BCUT2D eigenvalue weighted by molar-refractivity contribution is 0.0558. The van der Waals surface area contributed by atoms with Crippen LogP contribution in [-0.4, -0.2) is 29.3 Å². The van der Waals surface area contributed by atoms with E-state index in [4.69, 9.17) is 16.9 Å². The normalized spacial score (nSPS) is 17.4. The molecule has 0 spiro atoms. The minimum Gasteiger partial charge on any atom is -0.388 e. The standard InChI is InChI=1S/C13H16ClN3O/c1-17(9-13(18)4-2-3-5-13)12-7-10(8-15)6-11(14)16-12/h6-7,18H,2-5,9H2,1H3. The smallest absolute Gasteiger partial charge is 0.132 e. The topological polar surface area (TPSA) is 60.1 Å². The van der Waals surface area contributed by atoms with Gasteiger partial charge in [0, 0.05) is 13.6 Å². The second kappa shape index (κ2) is 5.13. The van der Waals surface area contributed by atoms with Crippen molar-refractivity contribution in [1.29, 1.82) is 5.26 Å². The zero-order chi connectivity index (χ0) is 13.2. The van der Waals surface area contributed by atoms with Gasteiger partial charge >= 0.3 is 0 Å². The van der Waals surface area contributed by atoms with Crippen molar-refractivity contribution in [2.45, 2.75) is 31.3 Å². The second-order valence-corrected chi connectivity index (χ2v) is 5.32. The summed E-state index contributed by atoms with van der Waals surface area (Å²) >= 11 is 5.87. The molecule has 0 radical (unpaired) electrons. The third kappa shape index (κ3) is 2.92. The molecule has 0 atom stereocenters. The highest BCUT2D eigenvalue weighted by molar-refractivity contribution is 6.29. The molecule has 0 aliphatic heterocycles. The molecule has 0 aromatic carbocycles. The lowest BCUT2D eigenvalue weighted by Gasteiger charge is -2.29. The largest absolute Gasteiger partial charge is 0.388 e. The average Bonchev–Trinajstić information content (AvgIpc) is 2.74. The molecule has 1 heterocycles. The fourth-order valence-corrected chi connectivity index (χ4v) is 2.66. The summed E-state index contributed by atoms with van der Waals surface area (Å²) in [6.07, 6.45) is 3.78. The van der Waals surface area contributed by atoms with E-state index < -0.39 is 5.60 Å². The summed E-state index contributed by atoms with van der Waals surface area (Å²) in [7, 11) is 1.86. The first-order valence-electron chi connectivity index (χ1n) is 6.04. The van der Waals surface area contributed by atoms with Crippen LogP contribution in [0.2, 0.25) is 5.15 Å². The molecule has 2 rings (SSSR count). The highest BCUT2D eigenvalue weighted by Crippen LogP contribution is 2.31. The summed E-state index contributed by atoms with van der Waals surface area (Å²) in [6.45, 7) is 0.519. The Bertz CT molecular complexity index is 478. The predicted molar refractivity (Wildman–Crippen MR) is 70.6 cm³/mol. The van der Waals surface area contributed by atoms with Crippen molar-refractivity contribution in [3.63, 3.8) is 0 Å². The summed E-state index contributed by atoms with van der Waals surface area (Å²) in [5, 5.41) is 19.6. The molecule has 1 aliphatic carbocycles. The number of nitrogens with zero attached hydrogens (tertiary/aromatic N) is 3. The lowest BCUT2D eigenvalue weighted by atomic mass is 10.0. The predicted octanol–water partition coefficient (Wildman–Crippen LogP) is 2.35. The molecule has 0 amide bonds. The van der Waals surface area contributed by atoms with Crippen LogP contribution < -0.4 is 4.90 Å². The van der Waals surface area contributed by atoms with E-state index in [2.05, 4.69) is 11.1 Å². The molecule has 0 unspecified atom stereocenters. The maximum atomic E-state index is 10.4. The number of rotatable bonds is 3. The summed E-state index contributed by atoms with van der Waals surface area (Å²) in [6, 6.07) is 5.27. The number of anilines is 1. The summed E-state index contributed by atoms with van der Waals surface area (Å²) in [5.74, 6) is 0.624. The molecular formula is C13H16ClN3O. The van der Waals surface area contributed by atoms with Crippen molar-refractivity contribution < 1.29 is 5.11 Å². The van der Waals surface area contributed by atoms with E-state index in [1.165, 1.54) is 6.07 Å². The van der Waals surface area contributed by atoms with Crippen LogP contribution in [0.5, 0.6) is 0 Å². The number of pyridine rings is 1. The van der Waals surface area contributed by atoms with Crippen LogP contribution in [0.25, 0.3) is 0 Å². The number of likely N-dealkylation sites (N-methyl/N-ethyl adjacent to an activating group) is 1. The van der Waals surface area contributed by atoms with Crippen molar-refractivity contribution in [2.24, 2.45) is 0 Å². The molecule has 1 saturated carbocycles. The number of halogens is 1. The van der Waals surface area contributed by atoms with Crippen molar-refractivity contribution in [3.8, 4) is 6.07 Å². The number of hydrogen-bond donors (Lipinski definition) is 1. The highest BCUT2D eigenvalue weighted by Gasteiger charge is 2.32. The van der Waals surface area contributed by atoms with Crippen LogP contribution in [0.3, 0.4) is 0 Å². The Morgan fingerprint density at radius 3 is 2.78 bits per heavy atom. The van der Waals surface area contributed by atoms with Crippen LogP contribution >= 0.6 is 11.6 Å². The van der Waals surface area contributed by atoms with Gasteiger partial charge < -0.3 is 10.0 Å². The van der Waals surface area contributed by atoms with Gasteiger partial charge in [-0.3, -0.25) is 0 Å².